The number of phenolic OH excluding ortho intramolecular Hbond substituents is 1. The first-order valence-corrected chi connectivity index (χ1v) is 4.11. The Bertz CT molecular complexity index is 515. The normalized spacial score (nSPS) is 10.6. The summed E-state index contributed by atoms with van der Waals surface area (Å²) in [7, 11) is 0. The van der Waals surface area contributed by atoms with Crippen molar-refractivity contribution in [2.75, 3.05) is 0 Å². The monoisotopic (exact) mass is 212 g/mol. The Morgan fingerprint density at radius 2 is 2.14 bits per heavy atom. The van der Waals surface area contributed by atoms with Gasteiger partial charge in [0.05, 0.1) is 10.4 Å². The van der Waals surface area contributed by atoms with Crippen LogP contribution in [-0.4, -0.2) is 16.2 Å². The number of aromatic carboxylic acids is 1. The quantitative estimate of drug-likeness (QED) is 0.762. The molecule has 0 aliphatic heterocycles. The highest BCUT2D eigenvalue weighted by Crippen LogP contribution is 2.33. The van der Waals surface area contributed by atoms with Gasteiger partial charge in [0.15, 0.2) is 0 Å². The lowest BCUT2D eigenvalue weighted by atomic mass is 10.2. The van der Waals surface area contributed by atoms with Crippen LogP contribution in [0.1, 0.15) is 10.6 Å². The average molecular weight is 213 g/mol. The molecule has 4 nitrogen and oxygen atoms in total. The van der Waals surface area contributed by atoms with Crippen molar-refractivity contribution in [3.63, 3.8) is 0 Å². The van der Waals surface area contributed by atoms with E-state index in [4.69, 9.17) is 21.1 Å². The number of benzene rings is 1. The van der Waals surface area contributed by atoms with E-state index in [0.717, 1.165) is 0 Å². The van der Waals surface area contributed by atoms with Crippen molar-refractivity contribution in [1.82, 2.24) is 0 Å². The predicted molar refractivity (Wildman–Crippen MR) is 49.8 cm³/mol. The maximum atomic E-state index is 10.6. The molecule has 0 fully saturated rings. The fourth-order valence-electron chi connectivity index (χ4n) is 1.18. The molecular weight excluding hydrogens is 208 g/mol. The lowest BCUT2D eigenvalue weighted by molar-refractivity contribution is 0.0665. The number of halogens is 1. The van der Waals surface area contributed by atoms with Crippen molar-refractivity contribution in [2.45, 2.75) is 0 Å². The molecular formula is C9H5ClO4. The fraction of sp³-hybridized carbons (Fsp3) is 0. The highest BCUT2D eigenvalue weighted by atomic mass is 35.5. The molecule has 2 rings (SSSR count). The van der Waals surface area contributed by atoms with Crippen molar-refractivity contribution < 1.29 is 19.4 Å². The number of rotatable bonds is 1. The SMILES string of the molecule is O=C(O)c1cc2c(O)c(Cl)ccc2o1. The summed E-state index contributed by atoms with van der Waals surface area (Å²) in [6.07, 6.45) is 0. The molecule has 2 N–H and O–H groups in total. The van der Waals surface area contributed by atoms with Crippen molar-refractivity contribution in [3.8, 4) is 5.75 Å². The molecule has 0 saturated heterocycles. The number of hydrogen-bond acceptors (Lipinski definition) is 3. The molecule has 0 aliphatic rings. The van der Waals surface area contributed by atoms with E-state index in [1.165, 1.54) is 18.2 Å². The van der Waals surface area contributed by atoms with Gasteiger partial charge in [-0.3, -0.25) is 0 Å². The van der Waals surface area contributed by atoms with Crippen LogP contribution in [0.5, 0.6) is 5.75 Å². The fourth-order valence-corrected chi connectivity index (χ4v) is 1.34. The lowest BCUT2D eigenvalue weighted by Crippen LogP contribution is -1.91. The number of carboxylic acid groups (broad SMARTS) is 1. The van der Waals surface area contributed by atoms with Gasteiger partial charge in [0.1, 0.15) is 11.3 Å². The van der Waals surface area contributed by atoms with Crippen LogP contribution in [0.25, 0.3) is 11.0 Å². The number of fused-ring (bicyclic) bond motifs is 1. The first kappa shape index (κ1) is 8.90. The number of hydrogen-bond donors (Lipinski definition) is 2. The minimum absolute atomic E-state index is 0.162. The first-order valence-electron chi connectivity index (χ1n) is 3.74. The second-order valence-electron chi connectivity index (χ2n) is 2.72. The van der Waals surface area contributed by atoms with E-state index in [1.807, 2.05) is 0 Å². The predicted octanol–water partition coefficient (Wildman–Crippen LogP) is 2.49. The molecule has 0 unspecified atom stereocenters. The summed E-state index contributed by atoms with van der Waals surface area (Å²) in [4.78, 5) is 10.6. The second-order valence-corrected chi connectivity index (χ2v) is 3.13. The first-order chi connectivity index (χ1) is 6.59. The molecule has 0 aliphatic carbocycles. The molecule has 1 aromatic carbocycles. The number of furan rings is 1. The summed E-state index contributed by atoms with van der Waals surface area (Å²) < 4.78 is 4.95. The number of phenols is 1. The third-order valence-electron chi connectivity index (χ3n) is 1.83. The molecule has 1 heterocycles. The zero-order chi connectivity index (χ0) is 10.3. The Balaban J connectivity index is 2.77. The molecule has 14 heavy (non-hydrogen) atoms. The van der Waals surface area contributed by atoms with Crippen molar-refractivity contribution in [2.24, 2.45) is 0 Å². The highest BCUT2D eigenvalue weighted by Gasteiger charge is 2.14. The summed E-state index contributed by atoms with van der Waals surface area (Å²) in [5, 5.41) is 18.6. The van der Waals surface area contributed by atoms with Crippen LogP contribution < -0.4 is 0 Å². The van der Waals surface area contributed by atoms with Gasteiger partial charge < -0.3 is 14.6 Å². The van der Waals surface area contributed by atoms with Gasteiger partial charge in [-0.15, -0.1) is 0 Å². The highest BCUT2D eigenvalue weighted by molar-refractivity contribution is 6.33. The minimum Gasteiger partial charge on any atom is -0.506 e. The maximum Gasteiger partial charge on any atom is 0.371 e. The molecule has 0 spiro atoms. The summed E-state index contributed by atoms with van der Waals surface area (Å²) >= 11 is 5.64. The van der Waals surface area contributed by atoms with Crippen molar-refractivity contribution in [3.05, 3.63) is 29.0 Å². The van der Waals surface area contributed by atoms with Gasteiger partial charge >= 0.3 is 5.97 Å². The van der Waals surface area contributed by atoms with E-state index in [1.54, 1.807) is 0 Å². The number of carbonyl (C=O) groups is 1. The Morgan fingerprint density at radius 3 is 2.79 bits per heavy atom. The lowest BCUT2D eigenvalue weighted by Gasteiger charge is -1.94. The van der Waals surface area contributed by atoms with Gasteiger partial charge in [-0.25, -0.2) is 4.79 Å². The van der Waals surface area contributed by atoms with Gasteiger partial charge in [-0.2, -0.15) is 0 Å². The Hall–Kier alpha value is -1.68. The summed E-state index contributed by atoms with van der Waals surface area (Å²) in [6, 6.07) is 4.18. The molecule has 72 valence electrons. The summed E-state index contributed by atoms with van der Waals surface area (Å²) in [5.41, 5.74) is 0.296. The number of carboxylic acids is 1. The standard InChI is InChI=1S/C9H5ClO4/c10-5-1-2-6-4(8(5)11)3-7(14-6)9(12)13/h1-3,11H,(H,12,13). The van der Waals surface area contributed by atoms with Crippen molar-refractivity contribution in [1.29, 1.82) is 0 Å². The van der Waals surface area contributed by atoms with Crippen LogP contribution in [0.15, 0.2) is 22.6 Å². The van der Waals surface area contributed by atoms with Crippen LogP contribution >= 0.6 is 11.6 Å². The van der Waals surface area contributed by atoms with Crippen LogP contribution in [0.4, 0.5) is 0 Å². The van der Waals surface area contributed by atoms with Gasteiger partial charge in [0.25, 0.3) is 0 Å². The van der Waals surface area contributed by atoms with E-state index in [0.29, 0.717) is 11.0 Å². The van der Waals surface area contributed by atoms with Crippen LogP contribution in [0, 0.1) is 0 Å². The molecule has 0 atom stereocenters. The third-order valence-corrected chi connectivity index (χ3v) is 2.14. The smallest absolute Gasteiger partial charge is 0.371 e. The average Bonchev–Trinajstić information content (AvgIpc) is 2.56. The van der Waals surface area contributed by atoms with Crippen molar-refractivity contribution >= 4 is 28.5 Å². The Kier molecular flexibility index (Phi) is 1.86. The van der Waals surface area contributed by atoms with Gasteiger partial charge in [0, 0.05) is 6.07 Å². The molecule has 2 aromatic rings. The molecule has 0 bridgehead atoms. The van der Waals surface area contributed by atoms with E-state index in [2.05, 4.69) is 0 Å². The van der Waals surface area contributed by atoms with E-state index < -0.39 is 5.97 Å². The van der Waals surface area contributed by atoms with E-state index in [-0.39, 0.29) is 16.5 Å². The van der Waals surface area contributed by atoms with E-state index >= 15 is 0 Å². The molecule has 0 amide bonds. The molecule has 0 radical (unpaired) electrons. The van der Waals surface area contributed by atoms with Crippen LogP contribution in [0.3, 0.4) is 0 Å². The molecule has 0 saturated carbocycles. The minimum atomic E-state index is -1.18. The van der Waals surface area contributed by atoms with Gasteiger partial charge in [0.2, 0.25) is 5.76 Å². The molecule has 1 aromatic heterocycles. The van der Waals surface area contributed by atoms with Gasteiger partial charge in [-0.1, -0.05) is 11.6 Å². The number of aromatic hydroxyl groups is 1. The Labute approximate surface area is 83.3 Å². The van der Waals surface area contributed by atoms with Crippen LogP contribution in [-0.2, 0) is 0 Å². The van der Waals surface area contributed by atoms with E-state index in [9.17, 15) is 9.90 Å². The second kappa shape index (κ2) is 2.92. The summed E-state index contributed by atoms with van der Waals surface area (Å²) in [6.45, 7) is 0. The van der Waals surface area contributed by atoms with Crippen LogP contribution in [0.2, 0.25) is 5.02 Å². The largest absolute Gasteiger partial charge is 0.506 e. The topological polar surface area (TPSA) is 70.7 Å². The summed E-state index contributed by atoms with van der Waals surface area (Å²) in [5.74, 6) is -1.57. The zero-order valence-electron chi connectivity index (χ0n) is 6.82. The molecule has 5 heteroatoms. The maximum absolute atomic E-state index is 10.6. The Morgan fingerprint density at radius 1 is 1.43 bits per heavy atom. The zero-order valence-corrected chi connectivity index (χ0v) is 7.58. The van der Waals surface area contributed by atoms with Gasteiger partial charge in [-0.05, 0) is 12.1 Å². The third kappa shape index (κ3) is 1.20.